The van der Waals surface area contributed by atoms with Crippen LogP contribution in [0, 0.1) is 0 Å². The monoisotopic (exact) mass is 479 g/mol. The van der Waals surface area contributed by atoms with E-state index in [2.05, 4.69) is 20.8 Å². The fourth-order valence-corrected chi connectivity index (χ4v) is 3.68. The van der Waals surface area contributed by atoms with Crippen LogP contribution in [-0.4, -0.2) is 24.5 Å². The van der Waals surface area contributed by atoms with Gasteiger partial charge in [-0.3, -0.25) is 9.59 Å². The second-order valence-corrected chi connectivity index (χ2v) is 7.99. The molecule has 0 saturated carbocycles. The Kier molecular flexibility index (Phi) is 8.85. The van der Waals surface area contributed by atoms with Gasteiger partial charge in [-0.05, 0) is 85.6 Å². The summed E-state index contributed by atoms with van der Waals surface area (Å²) < 4.78 is 5.88. The molecular formula is C26H26BrNO3. The zero-order valence-corrected chi connectivity index (χ0v) is 19.0. The van der Waals surface area contributed by atoms with Gasteiger partial charge in [-0.1, -0.05) is 28.8 Å². The third kappa shape index (κ3) is 6.53. The average Bonchev–Trinajstić information content (AvgIpc) is 2.83. The van der Waals surface area contributed by atoms with E-state index in [1.165, 1.54) is 19.3 Å². The highest BCUT2D eigenvalue weighted by molar-refractivity contribution is 9.09. The number of anilines is 3. The molecule has 4 nitrogen and oxygen atoms in total. The molecule has 0 spiro atoms. The molecule has 0 atom stereocenters. The van der Waals surface area contributed by atoms with E-state index < -0.39 is 0 Å². The Morgan fingerprint density at radius 3 is 1.55 bits per heavy atom. The van der Waals surface area contributed by atoms with E-state index in [-0.39, 0.29) is 0 Å². The van der Waals surface area contributed by atoms with Gasteiger partial charge < -0.3 is 9.64 Å². The first-order valence-corrected chi connectivity index (χ1v) is 11.6. The molecule has 0 radical (unpaired) electrons. The van der Waals surface area contributed by atoms with Gasteiger partial charge in [0.1, 0.15) is 18.3 Å². The van der Waals surface area contributed by atoms with Crippen LogP contribution in [0.25, 0.3) is 0 Å². The van der Waals surface area contributed by atoms with Crippen LogP contribution in [0.5, 0.6) is 5.75 Å². The Hall–Kier alpha value is -2.92. The first-order valence-electron chi connectivity index (χ1n) is 10.4. The Bertz CT molecular complexity index is 902. The molecule has 0 saturated heterocycles. The number of rotatable bonds is 12. The highest BCUT2D eigenvalue weighted by Crippen LogP contribution is 2.35. The minimum atomic E-state index is 0.625. The predicted molar refractivity (Wildman–Crippen MR) is 130 cm³/mol. The van der Waals surface area contributed by atoms with Gasteiger partial charge in [-0.2, -0.15) is 0 Å². The lowest BCUT2D eigenvalue weighted by molar-refractivity contribution is 0.111. The smallest absolute Gasteiger partial charge is 0.150 e. The van der Waals surface area contributed by atoms with Crippen molar-refractivity contribution in [2.24, 2.45) is 0 Å². The molecule has 0 unspecified atom stereocenters. The molecule has 3 rings (SSSR count). The summed E-state index contributed by atoms with van der Waals surface area (Å²) in [6.07, 6.45) is 6.30. The number of carbonyl (C=O) groups excluding carboxylic acids is 2. The standard InChI is InChI=1S/C26H26BrNO3/c27-17-3-1-2-4-18-31-26-15-13-25(14-16-26)28(23-9-5-21(19-29)6-10-23)24-11-7-22(20-30)8-12-24/h5-16,19-20H,1-4,17-18H2. The lowest BCUT2D eigenvalue weighted by atomic mass is 10.1. The van der Waals surface area contributed by atoms with E-state index in [1.807, 2.05) is 48.5 Å². The molecule has 160 valence electrons. The highest BCUT2D eigenvalue weighted by atomic mass is 79.9. The van der Waals surface area contributed by atoms with E-state index >= 15 is 0 Å². The molecule has 3 aromatic carbocycles. The Labute approximate surface area is 192 Å². The van der Waals surface area contributed by atoms with Gasteiger partial charge >= 0.3 is 0 Å². The maximum absolute atomic E-state index is 11.0. The van der Waals surface area contributed by atoms with Gasteiger partial charge in [0.25, 0.3) is 0 Å². The van der Waals surface area contributed by atoms with Crippen molar-refractivity contribution in [3.8, 4) is 5.75 Å². The first-order chi connectivity index (χ1) is 15.2. The number of benzene rings is 3. The van der Waals surface area contributed by atoms with E-state index in [9.17, 15) is 9.59 Å². The normalized spacial score (nSPS) is 10.5. The summed E-state index contributed by atoms with van der Waals surface area (Å²) in [5, 5.41) is 1.06. The van der Waals surface area contributed by atoms with E-state index in [1.54, 1.807) is 24.3 Å². The zero-order valence-electron chi connectivity index (χ0n) is 17.4. The number of hydrogen-bond donors (Lipinski definition) is 0. The molecule has 31 heavy (non-hydrogen) atoms. The number of nitrogens with zero attached hydrogens (tertiary/aromatic N) is 1. The number of aldehydes is 2. The number of carbonyl (C=O) groups is 2. The summed E-state index contributed by atoms with van der Waals surface area (Å²) in [7, 11) is 0. The summed E-state index contributed by atoms with van der Waals surface area (Å²) in [5.74, 6) is 0.844. The van der Waals surface area contributed by atoms with Crippen LogP contribution in [0.2, 0.25) is 0 Å². The molecule has 0 amide bonds. The van der Waals surface area contributed by atoms with Crippen molar-refractivity contribution >= 4 is 45.6 Å². The maximum atomic E-state index is 11.0. The van der Waals surface area contributed by atoms with Crippen molar-refractivity contribution in [3.63, 3.8) is 0 Å². The van der Waals surface area contributed by atoms with Crippen molar-refractivity contribution in [2.45, 2.75) is 25.7 Å². The number of halogens is 1. The lowest BCUT2D eigenvalue weighted by Crippen LogP contribution is -2.10. The largest absolute Gasteiger partial charge is 0.494 e. The minimum absolute atomic E-state index is 0.625. The quantitative estimate of drug-likeness (QED) is 0.157. The molecular weight excluding hydrogens is 454 g/mol. The van der Waals surface area contributed by atoms with Crippen molar-refractivity contribution in [1.29, 1.82) is 0 Å². The molecule has 0 fully saturated rings. The second-order valence-electron chi connectivity index (χ2n) is 7.20. The lowest BCUT2D eigenvalue weighted by Gasteiger charge is -2.25. The van der Waals surface area contributed by atoms with Crippen LogP contribution < -0.4 is 9.64 Å². The fraction of sp³-hybridized carbons (Fsp3) is 0.231. The Morgan fingerprint density at radius 2 is 1.10 bits per heavy atom. The molecule has 0 aliphatic rings. The summed E-state index contributed by atoms with van der Waals surface area (Å²) in [5.41, 5.74) is 4.05. The van der Waals surface area contributed by atoms with Crippen LogP contribution in [0.15, 0.2) is 72.8 Å². The number of ether oxygens (including phenoxy) is 1. The topological polar surface area (TPSA) is 46.6 Å². The van der Waals surface area contributed by atoms with E-state index in [4.69, 9.17) is 4.74 Å². The maximum Gasteiger partial charge on any atom is 0.150 e. The molecule has 0 bridgehead atoms. The van der Waals surface area contributed by atoms with Crippen LogP contribution in [0.4, 0.5) is 17.1 Å². The van der Waals surface area contributed by atoms with E-state index in [0.717, 1.165) is 47.1 Å². The van der Waals surface area contributed by atoms with E-state index in [0.29, 0.717) is 17.7 Å². The third-order valence-corrected chi connectivity index (χ3v) is 5.53. The fourth-order valence-electron chi connectivity index (χ4n) is 3.28. The number of hydrogen-bond acceptors (Lipinski definition) is 4. The van der Waals surface area contributed by atoms with Crippen molar-refractivity contribution in [3.05, 3.63) is 83.9 Å². The highest BCUT2D eigenvalue weighted by Gasteiger charge is 2.13. The van der Waals surface area contributed by atoms with Gasteiger partial charge in [-0.15, -0.1) is 0 Å². The van der Waals surface area contributed by atoms with Crippen LogP contribution in [-0.2, 0) is 0 Å². The van der Waals surface area contributed by atoms with Crippen LogP contribution >= 0.6 is 15.9 Å². The van der Waals surface area contributed by atoms with Gasteiger partial charge in [0, 0.05) is 33.5 Å². The van der Waals surface area contributed by atoms with Gasteiger partial charge in [0.05, 0.1) is 6.61 Å². The number of alkyl halides is 1. The predicted octanol–water partition coefficient (Wildman–Crippen LogP) is 7.12. The SMILES string of the molecule is O=Cc1ccc(N(c2ccc(C=O)cc2)c2ccc(OCCCCCCBr)cc2)cc1. The molecule has 5 heteroatoms. The summed E-state index contributed by atoms with van der Waals surface area (Å²) in [4.78, 5) is 24.1. The molecule has 0 aliphatic heterocycles. The Balaban J connectivity index is 1.78. The average molecular weight is 480 g/mol. The molecule has 0 aromatic heterocycles. The Morgan fingerprint density at radius 1 is 0.645 bits per heavy atom. The zero-order chi connectivity index (χ0) is 21.9. The molecule has 0 heterocycles. The van der Waals surface area contributed by atoms with Gasteiger partial charge in [0.15, 0.2) is 0 Å². The molecule has 3 aromatic rings. The van der Waals surface area contributed by atoms with Crippen molar-refractivity contribution in [1.82, 2.24) is 0 Å². The second kappa shape index (κ2) is 12.1. The van der Waals surface area contributed by atoms with Crippen molar-refractivity contribution in [2.75, 3.05) is 16.8 Å². The molecule has 0 aliphatic carbocycles. The van der Waals surface area contributed by atoms with Crippen LogP contribution in [0.1, 0.15) is 46.4 Å². The van der Waals surface area contributed by atoms with Crippen molar-refractivity contribution < 1.29 is 14.3 Å². The van der Waals surface area contributed by atoms with Gasteiger partial charge in [0.2, 0.25) is 0 Å². The molecule has 0 N–H and O–H groups in total. The van der Waals surface area contributed by atoms with Crippen LogP contribution in [0.3, 0.4) is 0 Å². The number of unbranched alkanes of at least 4 members (excludes halogenated alkanes) is 3. The van der Waals surface area contributed by atoms with Gasteiger partial charge in [-0.25, -0.2) is 0 Å². The minimum Gasteiger partial charge on any atom is -0.494 e. The summed E-state index contributed by atoms with van der Waals surface area (Å²) in [6, 6.07) is 22.8. The third-order valence-electron chi connectivity index (χ3n) is 4.97. The summed E-state index contributed by atoms with van der Waals surface area (Å²) in [6.45, 7) is 0.714. The first kappa shape index (κ1) is 22.8. The summed E-state index contributed by atoms with van der Waals surface area (Å²) >= 11 is 3.46.